The highest BCUT2D eigenvalue weighted by Crippen LogP contribution is 2.26. The van der Waals surface area contributed by atoms with Gasteiger partial charge in [-0.2, -0.15) is 0 Å². The lowest BCUT2D eigenvalue weighted by atomic mass is 10.3. The van der Waals surface area contributed by atoms with Gasteiger partial charge in [-0.15, -0.1) is 11.3 Å². The molecule has 0 aliphatic rings. The van der Waals surface area contributed by atoms with E-state index in [0.717, 1.165) is 22.2 Å². The van der Waals surface area contributed by atoms with E-state index in [2.05, 4.69) is 9.97 Å². The van der Waals surface area contributed by atoms with E-state index in [1.165, 1.54) is 11.3 Å². The van der Waals surface area contributed by atoms with E-state index in [0.29, 0.717) is 6.54 Å². The molecule has 0 aliphatic heterocycles. The summed E-state index contributed by atoms with van der Waals surface area (Å²) < 4.78 is 0. The molecule has 5 nitrogen and oxygen atoms in total. The quantitative estimate of drug-likeness (QED) is 0.909. The van der Waals surface area contributed by atoms with Gasteiger partial charge in [0.2, 0.25) is 0 Å². The van der Waals surface area contributed by atoms with Crippen molar-refractivity contribution in [1.82, 2.24) is 9.97 Å². The van der Waals surface area contributed by atoms with Gasteiger partial charge in [-0.3, -0.25) is 4.98 Å². The number of carbonyl (C=O) groups is 1. The maximum absolute atomic E-state index is 11.0. The van der Waals surface area contributed by atoms with Crippen molar-refractivity contribution in [2.24, 2.45) is 0 Å². The van der Waals surface area contributed by atoms with Crippen molar-refractivity contribution in [1.29, 1.82) is 0 Å². The molecule has 2 rings (SSSR count). The highest BCUT2D eigenvalue weighted by molar-refractivity contribution is 7.15. The molecule has 2 aromatic rings. The molecule has 19 heavy (non-hydrogen) atoms. The molecule has 0 saturated heterocycles. The summed E-state index contributed by atoms with van der Waals surface area (Å²) in [7, 11) is 0. The highest BCUT2D eigenvalue weighted by atomic mass is 32.1. The molecule has 0 atom stereocenters. The van der Waals surface area contributed by atoms with Gasteiger partial charge in [-0.05, 0) is 26.0 Å². The van der Waals surface area contributed by atoms with Crippen LogP contribution >= 0.6 is 11.3 Å². The summed E-state index contributed by atoms with van der Waals surface area (Å²) in [6.45, 7) is 5.17. The Hall–Kier alpha value is -1.95. The molecule has 1 N–H and O–H groups in total. The number of hydrogen-bond acceptors (Lipinski definition) is 5. The first-order valence-electron chi connectivity index (χ1n) is 5.97. The summed E-state index contributed by atoms with van der Waals surface area (Å²) in [6, 6.07) is 5.75. The molecular formula is C13H15N3O2S. The standard InChI is InChI=1S/C13H15N3O2S/c1-3-16(8-10-6-4-5-7-14-10)13-15-11(12(17)18)9(2)19-13/h4-7H,3,8H2,1-2H3,(H,17,18). The number of aromatic nitrogens is 2. The molecule has 2 heterocycles. The van der Waals surface area contributed by atoms with Crippen molar-refractivity contribution >= 4 is 22.4 Å². The van der Waals surface area contributed by atoms with Gasteiger partial charge in [0.05, 0.1) is 12.2 Å². The minimum atomic E-state index is -0.978. The molecule has 0 unspecified atom stereocenters. The van der Waals surface area contributed by atoms with Crippen molar-refractivity contribution in [2.45, 2.75) is 20.4 Å². The van der Waals surface area contributed by atoms with E-state index in [1.807, 2.05) is 30.0 Å². The summed E-state index contributed by atoms with van der Waals surface area (Å²) in [5, 5.41) is 9.76. The fourth-order valence-corrected chi connectivity index (χ4v) is 2.68. The Morgan fingerprint density at radius 1 is 1.47 bits per heavy atom. The monoisotopic (exact) mass is 277 g/mol. The van der Waals surface area contributed by atoms with Gasteiger partial charge in [-0.1, -0.05) is 6.07 Å². The Balaban J connectivity index is 2.22. The lowest BCUT2D eigenvalue weighted by Gasteiger charge is -2.18. The predicted octanol–water partition coefficient (Wildman–Crippen LogP) is 2.57. The maximum Gasteiger partial charge on any atom is 0.355 e. The first-order valence-corrected chi connectivity index (χ1v) is 6.79. The average Bonchev–Trinajstić information content (AvgIpc) is 2.79. The van der Waals surface area contributed by atoms with Crippen LogP contribution in [0.15, 0.2) is 24.4 Å². The number of pyridine rings is 1. The summed E-state index contributed by atoms with van der Waals surface area (Å²) in [6.07, 6.45) is 1.75. The molecule has 6 heteroatoms. The second-order valence-corrected chi connectivity index (χ2v) is 5.22. The van der Waals surface area contributed by atoms with Crippen LogP contribution in [0.1, 0.15) is 28.0 Å². The van der Waals surface area contributed by atoms with Crippen LogP contribution in [0, 0.1) is 6.92 Å². The molecule has 0 amide bonds. The number of aryl methyl sites for hydroxylation is 1. The molecular weight excluding hydrogens is 262 g/mol. The van der Waals surface area contributed by atoms with Crippen molar-refractivity contribution in [3.05, 3.63) is 40.7 Å². The van der Waals surface area contributed by atoms with E-state index in [-0.39, 0.29) is 5.69 Å². The second-order valence-electron chi connectivity index (χ2n) is 4.04. The Morgan fingerprint density at radius 3 is 2.79 bits per heavy atom. The van der Waals surface area contributed by atoms with Gasteiger partial charge in [-0.25, -0.2) is 9.78 Å². The number of carboxylic acids is 1. The van der Waals surface area contributed by atoms with Gasteiger partial charge in [0.1, 0.15) is 0 Å². The molecule has 0 bridgehead atoms. The lowest BCUT2D eigenvalue weighted by Crippen LogP contribution is -2.22. The second kappa shape index (κ2) is 5.79. The lowest BCUT2D eigenvalue weighted by molar-refractivity contribution is 0.0690. The summed E-state index contributed by atoms with van der Waals surface area (Å²) >= 11 is 1.40. The SMILES string of the molecule is CCN(Cc1ccccn1)c1nc(C(=O)O)c(C)s1. The van der Waals surface area contributed by atoms with Crippen molar-refractivity contribution < 1.29 is 9.90 Å². The molecule has 0 aliphatic carbocycles. The van der Waals surface area contributed by atoms with Gasteiger partial charge < -0.3 is 10.0 Å². The van der Waals surface area contributed by atoms with Crippen LogP contribution in [0.2, 0.25) is 0 Å². The molecule has 0 radical (unpaired) electrons. The number of nitrogens with zero attached hydrogens (tertiary/aromatic N) is 3. The first-order chi connectivity index (χ1) is 9.11. The molecule has 100 valence electrons. The molecule has 2 aromatic heterocycles. The van der Waals surface area contributed by atoms with E-state index in [1.54, 1.807) is 13.1 Å². The molecule has 0 fully saturated rings. The Morgan fingerprint density at radius 2 is 2.26 bits per heavy atom. The first kappa shape index (κ1) is 13.5. The number of thiazole rings is 1. The third kappa shape index (κ3) is 3.08. The van der Waals surface area contributed by atoms with Crippen molar-refractivity contribution in [3.8, 4) is 0 Å². The zero-order chi connectivity index (χ0) is 13.8. The summed E-state index contributed by atoms with van der Waals surface area (Å²) in [5.41, 5.74) is 1.08. The smallest absolute Gasteiger partial charge is 0.355 e. The van der Waals surface area contributed by atoms with E-state index >= 15 is 0 Å². The third-order valence-corrected chi connectivity index (χ3v) is 3.75. The fraction of sp³-hybridized carbons (Fsp3) is 0.308. The zero-order valence-electron chi connectivity index (χ0n) is 10.8. The van der Waals surface area contributed by atoms with Crippen LogP contribution in [0.3, 0.4) is 0 Å². The van der Waals surface area contributed by atoms with E-state index in [9.17, 15) is 4.79 Å². The number of anilines is 1. The van der Waals surface area contributed by atoms with Crippen LogP contribution < -0.4 is 4.90 Å². The number of aromatic carboxylic acids is 1. The Kier molecular flexibility index (Phi) is 4.11. The minimum Gasteiger partial charge on any atom is -0.476 e. The largest absolute Gasteiger partial charge is 0.476 e. The Labute approximate surface area is 115 Å². The van der Waals surface area contributed by atoms with Crippen LogP contribution in [-0.4, -0.2) is 27.6 Å². The zero-order valence-corrected chi connectivity index (χ0v) is 11.6. The summed E-state index contributed by atoms with van der Waals surface area (Å²) in [4.78, 5) is 22.2. The van der Waals surface area contributed by atoms with Crippen LogP contribution in [0.4, 0.5) is 5.13 Å². The van der Waals surface area contributed by atoms with E-state index < -0.39 is 5.97 Å². The van der Waals surface area contributed by atoms with Crippen molar-refractivity contribution in [2.75, 3.05) is 11.4 Å². The van der Waals surface area contributed by atoms with Crippen molar-refractivity contribution in [3.63, 3.8) is 0 Å². The molecule has 0 aromatic carbocycles. The van der Waals surface area contributed by atoms with Gasteiger partial charge >= 0.3 is 5.97 Å². The van der Waals surface area contributed by atoms with E-state index in [4.69, 9.17) is 5.11 Å². The predicted molar refractivity (Wildman–Crippen MR) is 74.8 cm³/mol. The van der Waals surface area contributed by atoms with Crippen LogP contribution in [0.5, 0.6) is 0 Å². The topological polar surface area (TPSA) is 66.3 Å². The number of hydrogen-bond donors (Lipinski definition) is 1. The normalized spacial score (nSPS) is 10.4. The minimum absolute atomic E-state index is 0.138. The van der Waals surface area contributed by atoms with Gasteiger partial charge in [0.25, 0.3) is 0 Å². The molecule has 0 spiro atoms. The van der Waals surface area contributed by atoms with Crippen LogP contribution in [0.25, 0.3) is 0 Å². The highest BCUT2D eigenvalue weighted by Gasteiger charge is 2.17. The number of rotatable bonds is 5. The molecule has 0 saturated carbocycles. The average molecular weight is 277 g/mol. The third-order valence-electron chi connectivity index (χ3n) is 2.72. The maximum atomic E-state index is 11.0. The van der Waals surface area contributed by atoms with Gasteiger partial charge in [0.15, 0.2) is 10.8 Å². The van der Waals surface area contributed by atoms with Gasteiger partial charge in [0, 0.05) is 17.6 Å². The fourth-order valence-electron chi connectivity index (χ4n) is 1.72. The summed E-state index contributed by atoms with van der Waals surface area (Å²) in [5.74, 6) is -0.978. The van der Waals surface area contributed by atoms with Crippen LogP contribution in [-0.2, 0) is 6.54 Å². The Bertz CT molecular complexity index is 569. The number of carboxylic acid groups (broad SMARTS) is 1.